The van der Waals surface area contributed by atoms with Crippen LogP contribution in [-0.4, -0.2) is 26.0 Å². The summed E-state index contributed by atoms with van der Waals surface area (Å²) in [6.07, 6.45) is 1.54. The van der Waals surface area contributed by atoms with E-state index in [4.69, 9.17) is 18.9 Å². The molecule has 0 saturated carbocycles. The summed E-state index contributed by atoms with van der Waals surface area (Å²) in [5.74, 6) is 2.01. The average molecular weight is 454 g/mol. The van der Waals surface area contributed by atoms with Gasteiger partial charge in [-0.15, -0.1) is 0 Å². The molecular weight excluding hydrogens is 432 g/mol. The van der Waals surface area contributed by atoms with Crippen LogP contribution >= 0.6 is 0 Å². The van der Waals surface area contributed by atoms with Gasteiger partial charge in [0, 0.05) is 5.56 Å². The quantitative estimate of drug-likeness (QED) is 0.317. The van der Waals surface area contributed by atoms with Gasteiger partial charge < -0.3 is 18.9 Å². The molecule has 0 aliphatic carbocycles. The summed E-state index contributed by atoms with van der Waals surface area (Å²) in [6.45, 7) is 0.568. The summed E-state index contributed by atoms with van der Waals surface area (Å²) in [4.78, 5) is 12.4. The fourth-order valence-corrected chi connectivity index (χ4v) is 3.73. The summed E-state index contributed by atoms with van der Waals surface area (Å²) in [5.41, 5.74) is 4.79. The van der Waals surface area contributed by atoms with Gasteiger partial charge in [0.15, 0.2) is 23.0 Å². The predicted octanol–water partition coefficient (Wildman–Crippen LogP) is 4.92. The molecule has 0 radical (unpaired) electrons. The van der Waals surface area contributed by atoms with Crippen LogP contribution in [0.1, 0.15) is 21.5 Å². The van der Waals surface area contributed by atoms with E-state index in [0.717, 1.165) is 16.5 Å². The van der Waals surface area contributed by atoms with Crippen LogP contribution in [0, 0.1) is 0 Å². The number of amides is 1. The maximum Gasteiger partial charge on any atom is 0.271 e. The Labute approximate surface area is 196 Å². The number of benzene rings is 4. The first kappa shape index (κ1) is 21.3. The van der Waals surface area contributed by atoms with Crippen LogP contribution in [0.4, 0.5) is 0 Å². The van der Waals surface area contributed by atoms with Gasteiger partial charge in [0.25, 0.3) is 5.91 Å². The molecule has 1 N–H and O–H groups in total. The van der Waals surface area contributed by atoms with E-state index in [0.29, 0.717) is 35.2 Å². The Kier molecular flexibility index (Phi) is 5.99. The number of nitrogens with zero attached hydrogens (tertiary/aromatic N) is 1. The van der Waals surface area contributed by atoms with Gasteiger partial charge in [-0.25, -0.2) is 5.43 Å². The monoisotopic (exact) mass is 454 g/mol. The Balaban J connectivity index is 1.24. The second kappa shape index (κ2) is 9.54. The van der Waals surface area contributed by atoms with Crippen molar-refractivity contribution in [3.63, 3.8) is 0 Å². The van der Waals surface area contributed by atoms with Crippen molar-refractivity contribution in [2.45, 2.75) is 6.61 Å². The topological polar surface area (TPSA) is 78.4 Å². The molecule has 4 aromatic rings. The number of fused-ring (bicyclic) bond motifs is 2. The van der Waals surface area contributed by atoms with Gasteiger partial charge in [-0.2, -0.15) is 5.10 Å². The number of carbonyl (C=O) groups excluding carboxylic acids is 1. The average Bonchev–Trinajstić information content (AvgIpc) is 3.35. The molecule has 7 nitrogen and oxygen atoms in total. The molecule has 0 fully saturated rings. The first-order valence-electron chi connectivity index (χ1n) is 10.7. The van der Waals surface area contributed by atoms with E-state index in [9.17, 15) is 4.79 Å². The third kappa shape index (κ3) is 4.49. The Bertz CT molecular complexity index is 1380. The zero-order chi connectivity index (χ0) is 23.3. The smallest absolute Gasteiger partial charge is 0.271 e. The number of hydrogen-bond donors (Lipinski definition) is 1. The molecule has 0 spiro atoms. The lowest BCUT2D eigenvalue weighted by Gasteiger charge is -2.12. The number of methoxy groups -OCH3 is 1. The van der Waals surface area contributed by atoms with Crippen molar-refractivity contribution in [3.05, 3.63) is 95.6 Å². The second-order valence-corrected chi connectivity index (χ2v) is 7.60. The van der Waals surface area contributed by atoms with Crippen molar-refractivity contribution in [1.82, 2.24) is 5.43 Å². The Hall–Kier alpha value is -4.52. The highest BCUT2D eigenvalue weighted by Gasteiger charge is 2.16. The lowest BCUT2D eigenvalue weighted by Crippen LogP contribution is -2.17. The van der Waals surface area contributed by atoms with E-state index < -0.39 is 0 Å². The number of nitrogens with one attached hydrogen (secondary N) is 1. The lowest BCUT2D eigenvalue weighted by atomic mass is 10.1. The van der Waals surface area contributed by atoms with E-state index in [1.165, 1.54) is 5.39 Å². The number of ether oxygens (including phenoxy) is 4. The van der Waals surface area contributed by atoms with Crippen molar-refractivity contribution in [3.8, 4) is 23.0 Å². The molecular formula is C27H22N2O5. The molecule has 0 atom stereocenters. The van der Waals surface area contributed by atoms with Gasteiger partial charge in [0.05, 0.1) is 13.3 Å². The standard InChI is InChI=1S/C27H22N2O5/c1-31-25-13-18(15-28-29-27(30)20-10-12-24-26(14-20)34-17-33-24)9-11-23(25)32-16-21-7-4-6-19-5-2-3-8-22(19)21/h2-15H,16-17H2,1H3,(H,29,30)/b28-15-. The van der Waals surface area contributed by atoms with Crippen molar-refractivity contribution in [2.24, 2.45) is 5.10 Å². The van der Waals surface area contributed by atoms with Crippen LogP contribution in [0.25, 0.3) is 10.8 Å². The molecule has 0 aromatic heterocycles. The fraction of sp³-hybridized carbons (Fsp3) is 0.111. The number of hydrazone groups is 1. The minimum atomic E-state index is -0.350. The van der Waals surface area contributed by atoms with E-state index in [-0.39, 0.29) is 12.7 Å². The van der Waals surface area contributed by atoms with Crippen molar-refractivity contribution < 1.29 is 23.7 Å². The number of carbonyl (C=O) groups is 1. The highest BCUT2D eigenvalue weighted by Crippen LogP contribution is 2.32. The summed E-state index contributed by atoms with van der Waals surface area (Å²) in [7, 11) is 1.59. The molecule has 1 heterocycles. The third-order valence-corrected chi connectivity index (χ3v) is 5.47. The Morgan fingerprint density at radius 1 is 0.971 bits per heavy atom. The number of rotatable bonds is 7. The van der Waals surface area contributed by atoms with Crippen LogP contribution in [-0.2, 0) is 6.61 Å². The summed E-state index contributed by atoms with van der Waals surface area (Å²) < 4.78 is 22.1. The fourth-order valence-electron chi connectivity index (χ4n) is 3.73. The SMILES string of the molecule is COc1cc(/C=N\NC(=O)c2ccc3c(c2)OCO3)ccc1OCc1cccc2ccccc12. The zero-order valence-electron chi connectivity index (χ0n) is 18.5. The van der Waals surface area contributed by atoms with E-state index >= 15 is 0 Å². The third-order valence-electron chi connectivity index (χ3n) is 5.47. The molecule has 1 amide bonds. The summed E-state index contributed by atoms with van der Waals surface area (Å²) in [6, 6.07) is 24.8. The molecule has 1 aliphatic heterocycles. The lowest BCUT2D eigenvalue weighted by molar-refractivity contribution is 0.0954. The highest BCUT2D eigenvalue weighted by molar-refractivity contribution is 5.95. The maximum absolute atomic E-state index is 12.4. The van der Waals surface area contributed by atoms with Crippen LogP contribution in [0.5, 0.6) is 23.0 Å². The van der Waals surface area contributed by atoms with Crippen LogP contribution in [0.15, 0.2) is 84.0 Å². The van der Waals surface area contributed by atoms with Crippen LogP contribution in [0.2, 0.25) is 0 Å². The normalized spacial score (nSPS) is 12.1. The Morgan fingerprint density at radius 2 is 1.82 bits per heavy atom. The molecule has 170 valence electrons. The molecule has 0 unspecified atom stereocenters. The predicted molar refractivity (Wildman–Crippen MR) is 129 cm³/mol. The van der Waals surface area contributed by atoms with Crippen molar-refractivity contribution in [2.75, 3.05) is 13.9 Å². The van der Waals surface area contributed by atoms with Crippen LogP contribution < -0.4 is 24.4 Å². The molecule has 0 saturated heterocycles. The largest absolute Gasteiger partial charge is 0.493 e. The van der Waals surface area contributed by atoms with E-state index in [2.05, 4.69) is 34.8 Å². The molecule has 4 aromatic carbocycles. The summed E-state index contributed by atoms with van der Waals surface area (Å²) >= 11 is 0. The maximum atomic E-state index is 12.4. The van der Waals surface area contributed by atoms with Gasteiger partial charge in [-0.3, -0.25) is 4.79 Å². The minimum absolute atomic E-state index is 0.155. The van der Waals surface area contributed by atoms with Crippen molar-refractivity contribution in [1.29, 1.82) is 0 Å². The molecule has 0 bridgehead atoms. The van der Waals surface area contributed by atoms with Gasteiger partial charge in [0.1, 0.15) is 6.61 Å². The van der Waals surface area contributed by atoms with E-state index in [1.807, 2.05) is 30.3 Å². The molecule has 7 heteroatoms. The Morgan fingerprint density at radius 3 is 2.74 bits per heavy atom. The molecule has 34 heavy (non-hydrogen) atoms. The minimum Gasteiger partial charge on any atom is -0.493 e. The molecule has 1 aliphatic rings. The van der Waals surface area contributed by atoms with Gasteiger partial charge in [-0.05, 0) is 58.3 Å². The molecule has 5 rings (SSSR count). The van der Waals surface area contributed by atoms with Gasteiger partial charge >= 0.3 is 0 Å². The highest BCUT2D eigenvalue weighted by atomic mass is 16.7. The summed E-state index contributed by atoms with van der Waals surface area (Å²) in [5, 5.41) is 6.38. The number of hydrogen-bond acceptors (Lipinski definition) is 6. The van der Waals surface area contributed by atoms with E-state index in [1.54, 1.807) is 37.6 Å². The first-order chi connectivity index (χ1) is 16.7. The van der Waals surface area contributed by atoms with Crippen molar-refractivity contribution >= 4 is 22.9 Å². The van der Waals surface area contributed by atoms with Crippen LogP contribution in [0.3, 0.4) is 0 Å². The zero-order valence-corrected chi connectivity index (χ0v) is 18.5. The first-order valence-corrected chi connectivity index (χ1v) is 10.7. The van der Waals surface area contributed by atoms with Gasteiger partial charge in [-0.1, -0.05) is 42.5 Å². The van der Waals surface area contributed by atoms with Gasteiger partial charge in [0.2, 0.25) is 6.79 Å². The second-order valence-electron chi connectivity index (χ2n) is 7.60.